The second-order valence-electron chi connectivity index (χ2n) is 3.38. The van der Waals surface area contributed by atoms with Crippen molar-refractivity contribution in [2.45, 2.75) is 38.3 Å². The third kappa shape index (κ3) is 2.57. The Kier molecular flexibility index (Phi) is 3.69. The van der Waals surface area contributed by atoms with Crippen LogP contribution in [-0.4, -0.2) is 31.6 Å². The number of Topliss-reactive ketones (excluding diaryl/α,β-unsaturated/α-hetero) is 1. The number of ether oxygens (including phenoxy) is 1. The third-order valence-electron chi connectivity index (χ3n) is 2.34. The minimum absolute atomic E-state index is 0.0741. The van der Waals surface area contributed by atoms with E-state index in [1.54, 1.807) is 14.0 Å². The number of methoxy groups -OCH3 is 1. The van der Waals surface area contributed by atoms with Crippen molar-refractivity contribution < 1.29 is 9.53 Å². The first-order valence-electron chi connectivity index (χ1n) is 4.49. The van der Waals surface area contributed by atoms with Crippen LogP contribution in [0, 0.1) is 0 Å². The third-order valence-corrected chi connectivity index (χ3v) is 2.34. The van der Waals surface area contributed by atoms with E-state index in [9.17, 15) is 4.79 Å². The van der Waals surface area contributed by atoms with Crippen LogP contribution in [0.5, 0.6) is 0 Å². The lowest BCUT2D eigenvalue weighted by Crippen LogP contribution is -2.37. The molecule has 0 aromatic rings. The molecule has 0 aromatic carbocycles. The van der Waals surface area contributed by atoms with E-state index in [4.69, 9.17) is 4.74 Å². The van der Waals surface area contributed by atoms with Crippen LogP contribution in [0.1, 0.15) is 26.2 Å². The van der Waals surface area contributed by atoms with Crippen LogP contribution in [0.15, 0.2) is 0 Å². The molecule has 1 rings (SSSR count). The van der Waals surface area contributed by atoms with Crippen molar-refractivity contribution in [3.05, 3.63) is 0 Å². The number of nitrogens with one attached hydrogen (secondary N) is 1. The SMILES string of the molecule is COC(CC(C)=O)C1CCCN1. The Morgan fingerprint density at radius 2 is 2.50 bits per heavy atom. The van der Waals surface area contributed by atoms with Gasteiger partial charge in [-0.3, -0.25) is 4.79 Å². The van der Waals surface area contributed by atoms with E-state index in [-0.39, 0.29) is 11.9 Å². The zero-order valence-corrected chi connectivity index (χ0v) is 7.80. The molecule has 3 nitrogen and oxygen atoms in total. The lowest BCUT2D eigenvalue weighted by atomic mass is 10.0. The summed E-state index contributed by atoms with van der Waals surface area (Å²) in [6.45, 7) is 2.67. The summed E-state index contributed by atoms with van der Waals surface area (Å²) in [6, 6.07) is 0.388. The maximum atomic E-state index is 10.9. The molecule has 1 heterocycles. The maximum absolute atomic E-state index is 10.9. The summed E-state index contributed by atoms with van der Waals surface area (Å²) in [4.78, 5) is 10.9. The van der Waals surface area contributed by atoms with Gasteiger partial charge >= 0.3 is 0 Å². The Bertz CT molecular complexity index is 153. The highest BCUT2D eigenvalue weighted by molar-refractivity contribution is 5.76. The van der Waals surface area contributed by atoms with Crippen molar-refractivity contribution >= 4 is 5.78 Å². The van der Waals surface area contributed by atoms with Gasteiger partial charge in [-0.05, 0) is 26.3 Å². The fourth-order valence-corrected chi connectivity index (χ4v) is 1.70. The first-order valence-corrected chi connectivity index (χ1v) is 4.49. The first kappa shape index (κ1) is 9.68. The molecule has 70 valence electrons. The molecule has 2 atom stereocenters. The summed E-state index contributed by atoms with van der Waals surface area (Å²) in [5, 5.41) is 3.34. The van der Waals surface area contributed by atoms with Crippen LogP contribution < -0.4 is 5.32 Å². The molecule has 0 bridgehead atoms. The Hall–Kier alpha value is -0.410. The van der Waals surface area contributed by atoms with Gasteiger partial charge < -0.3 is 10.1 Å². The monoisotopic (exact) mass is 171 g/mol. The quantitative estimate of drug-likeness (QED) is 0.677. The minimum Gasteiger partial charge on any atom is -0.379 e. The highest BCUT2D eigenvalue weighted by Gasteiger charge is 2.24. The van der Waals surface area contributed by atoms with Gasteiger partial charge in [-0.2, -0.15) is 0 Å². The van der Waals surface area contributed by atoms with E-state index >= 15 is 0 Å². The molecule has 0 aliphatic carbocycles. The van der Waals surface area contributed by atoms with Gasteiger partial charge in [-0.25, -0.2) is 0 Å². The molecule has 2 unspecified atom stereocenters. The fourth-order valence-electron chi connectivity index (χ4n) is 1.70. The number of hydrogen-bond donors (Lipinski definition) is 1. The van der Waals surface area contributed by atoms with E-state index in [1.165, 1.54) is 6.42 Å². The second-order valence-corrected chi connectivity index (χ2v) is 3.38. The van der Waals surface area contributed by atoms with Crippen LogP contribution in [0.4, 0.5) is 0 Å². The largest absolute Gasteiger partial charge is 0.379 e. The average Bonchev–Trinajstić information content (AvgIpc) is 2.51. The van der Waals surface area contributed by atoms with Crippen molar-refractivity contribution in [2.24, 2.45) is 0 Å². The molecule has 0 amide bonds. The molecule has 0 spiro atoms. The lowest BCUT2D eigenvalue weighted by molar-refractivity contribution is -0.119. The van der Waals surface area contributed by atoms with Gasteiger partial charge in [0.15, 0.2) is 0 Å². The van der Waals surface area contributed by atoms with Gasteiger partial charge in [0.2, 0.25) is 0 Å². The zero-order chi connectivity index (χ0) is 8.97. The molecule has 0 radical (unpaired) electrons. The van der Waals surface area contributed by atoms with Gasteiger partial charge in [-0.1, -0.05) is 0 Å². The molecular weight excluding hydrogens is 154 g/mol. The number of ketones is 1. The van der Waals surface area contributed by atoms with Gasteiger partial charge in [0, 0.05) is 19.6 Å². The highest BCUT2D eigenvalue weighted by Crippen LogP contribution is 2.14. The van der Waals surface area contributed by atoms with Crippen molar-refractivity contribution in [1.82, 2.24) is 5.32 Å². The number of carbonyl (C=O) groups is 1. The molecule has 0 aromatic heterocycles. The highest BCUT2D eigenvalue weighted by atomic mass is 16.5. The smallest absolute Gasteiger partial charge is 0.132 e. The molecule has 1 aliphatic rings. The number of carbonyl (C=O) groups excluding carboxylic acids is 1. The standard InChI is InChI=1S/C9H17NO2/c1-7(11)6-9(12-2)8-4-3-5-10-8/h8-10H,3-6H2,1-2H3. The van der Waals surface area contributed by atoms with Crippen molar-refractivity contribution in [1.29, 1.82) is 0 Å². The van der Waals surface area contributed by atoms with E-state index in [1.807, 2.05) is 0 Å². The molecule has 1 saturated heterocycles. The molecular formula is C9H17NO2. The Morgan fingerprint density at radius 3 is 2.92 bits per heavy atom. The fraction of sp³-hybridized carbons (Fsp3) is 0.889. The Balaban J connectivity index is 2.37. The topological polar surface area (TPSA) is 38.3 Å². The summed E-state index contributed by atoms with van der Waals surface area (Å²) >= 11 is 0. The van der Waals surface area contributed by atoms with Gasteiger partial charge in [0.1, 0.15) is 5.78 Å². The first-order chi connectivity index (χ1) is 5.74. The van der Waals surface area contributed by atoms with Crippen molar-refractivity contribution in [3.8, 4) is 0 Å². The predicted octanol–water partition coefficient (Wildman–Crippen LogP) is 0.732. The van der Waals surface area contributed by atoms with Crippen LogP contribution in [0.3, 0.4) is 0 Å². The summed E-state index contributed by atoms with van der Waals surface area (Å²) in [6.07, 6.45) is 2.94. The van der Waals surface area contributed by atoms with E-state index in [2.05, 4.69) is 5.32 Å². The van der Waals surface area contributed by atoms with Crippen LogP contribution in [-0.2, 0) is 9.53 Å². The van der Waals surface area contributed by atoms with Crippen LogP contribution in [0.25, 0.3) is 0 Å². The van der Waals surface area contributed by atoms with Crippen LogP contribution in [0.2, 0.25) is 0 Å². The predicted molar refractivity (Wildman–Crippen MR) is 47.1 cm³/mol. The number of rotatable bonds is 4. The van der Waals surface area contributed by atoms with Crippen LogP contribution >= 0.6 is 0 Å². The molecule has 0 saturated carbocycles. The summed E-state index contributed by atoms with van der Waals surface area (Å²) in [5.74, 6) is 0.204. The molecule has 1 N–H and O–H groups in total. The van der Waals surface area contributed by atoms with E-state index in [0.717, 1.165) is 13.0 Å². The van der Waals surface area contributed by atoms with Gasteiger partial charge in [0.05, 0.1) is 6.10 Å². The molecule has 1 aliphatic heterocycles. The lowest BCUT2D eigenvalue weighted by Gasteiger charge is -2.20. The summed E-state index contributed by atoms with van der Waals surface area (Å²) in [7, 11) is 1.67. The number of hydrogen-bond acceptors (Lipinski definition) is 3. The van der Waals surface area contributed by atoms with Crippen molar-refractivity contribution in [2.75, 3.05) is 13.7 Å². The average molecular weight is 171 g/mol. The van der Waals surface area contributed by atoms with Gasteiger partial charge in [0.25, 0.3) is 0 Å². The Morgan fingerprint density at radius 1 is 1.75 bits per heavy atom. The zero-order valence-electron chi connectivity index (χ0n) is 7.80. The normalized spacial score (nSPS) is 25.7. The van der Waals surface area contributed by atoms with E-state index < -0.39 is 0 Å². The summed E-state index contributed by atoms with van der Waals surface area (Å²) in [5.41, 5.74) is 0. The molecule has 12 heavy (non-hydrogen) atoms. The second kappa shape index (κ2) is 4.58. The molecule has 3 heteroatoms. The summed E-state index contributed by atoms with van der Waals surface area (Å²) < 4.78 is 5.26. The van der Waals surface area contributed by atoms with Gasteiger partial charge in [-0.15, -0.1) is 0 Å². The van der Waals surface area contributed by atoms with Crippen molar-refractivity contribution in [3.63, 3.8) is 0 Å². The Labute approximate surface area is 73.5 Å². The maximum Gasteiger partial charge on any atom is 0.132 e. The minimum atomic E-state index is 0.0741. The molecule has 1 fully saturated rings. The van der Waals surface area contributed by atoms with E-state index in [0.29, 0.717) is 12.5 Å².